The Hall–Kier alpha value is -3.08. The predicted octanol–water partition coefficient (Wildman–Crippen LogP) is 4.69. The van der Waals surface area contributed by atoms with E-state index >= 15 is 0 Å². The fraction of sp³-hybridized carbons (Fsp3) is 0.333. The highest BCUT2D eigenvalue weighted by Crippen LogP contribution is 2.28. The van der Waals surface area contributed by atoms with Gasteiger partial charge in [0.2, 0.25) is 0 Å². The number of benzene rings is 2. The Kier molecular flexibility index (Phi) is 6.37. The molecule has 0 unspecified atom stereocenters. The zero-order chi connectivity index (χ0) is 21.0. The van der Waals surface area contributed by atoms with E-state index in [0.29, 0.717) is 23.6 Å². The summed E-state index contributed by atoms with van der Waals surface area (Å²) in [7, 11) is 5.08. The monoisotopic (exact) mass is 392 g/mol. The molecule has 5 heteroatoms. The molecule has 3 aromatic rings. The van der Waals surface area contributed by atoms with E-state index in [1.807, 2.05) is 55.6 Å². The lowest BCUT2D eigenvalue weighted by molar-refractivity contribution is 0.0798. The Morgan fingerprint density at radius 2 is 1.76 bits per heavy atom. The Balaban J connectivity index is 1.82. The molecule has 0 saturated carbocycles. The summed E-state index contributed by atoms with van der Waals surface area (Å²) in [6.45, 7) is 4.78. The number of pyridine rings is 1. The fourth-order valence-electron chi connectivity index (χ4n) is 3.31. The third kappa shape index (κ3) is 4.50. The molecule has 0 aliphatic heterocycles. The van der Waals surface area contributed by atoms with Crippen molar-refractivity contribution in [1.82, 2.24) is 9.88 Å². The molecule has 3 rings (SSSR count). The number of aromatic nitrogens is 1. The van der Waals surface area contributed by atoms with Gasteiger partial charge in [0.1, 0.15) is 0 Å². The van der Waals surface area contributed by atoms with Crippen LogP contribution < -0.4 is 9.47 Å². The Labute approximate surface area is 172 Å². The highest BCUT2D eigenvalue weighted by molar-refractivity contribution is 6.06. The summed E-state index contributed by atoms with van der Waals surface area (Å²) in [4.78, 5) is 19.7. The van der Waals surface area contributed by atoms with Crippen molar-refractivity contribution < 1.29 is 14.3 Å². The summed E-state index contributed by atoms with van der Waals surface area (Å²) >= 11 is 0. The van der Waals surface area contributed by atoms with Gasteiger partial charge in [-0.1, -0.05) is 38.1 Å². The summed E-state index contributed by atoms with van der Waals surface area (Å²) in [6.07, 6.45) is 0.725. The molecule has 1 amide bonds. The van der Waals surface area contributed by atoms with Crippen LogP contribution in [-0.4, -0.2) is 43.6 Å². The molecule has 0 atom stereocenters. The number of ether oxygens (including phenoxy) is 2. The number of hydrogen-bond donors (Lipinski definition) is 0. The topological polar surface area (TPSA) is 51.7 Å². The van der Waals surface area contributed by atoms with E-state index in [2.05, 4.69) is 13.8 Å². The van der Waals surface area contributed by atoms with Gasteiger partial charge in [0.15, 0.2) is 11.5 Å². The Morgan fingerprint density at radius 1 is 1.03 bits per heavy atom. The number of carbonyl (C=O) groups is 1. The van der Waals surface area contributed by atoms with Gasteiger partial charge in [-0.2, -0.15) is 0 Å². The molecule has 2 aromatic carbocycles. The van der Waals surface area contributed by atoms with Gasteiger partial charge in [-0.25, -0.2) is 0 Å². The van der Waals surface area contributed by atoms with Crippen LogP contribution in [0.4, 0.5) is 0 Å². The van der Waals surface area contributed by atoms with Gasteiger partial charge in [0.25, 0.3) is 5.91 Å². The minimum absolute atomic E-state index is 0.00553. The van der Waals surface area contributed by atoms with Gasteiger partial charge >= 0.3 is 0 Å². The standard InChI is InChI=1S/C24H28N2O3/c1-16(2)21-15-19(18-8-6-7-9-20(18)25-21)24(27)26(3)13-12-17-10-11-22(28-4)23(14-17)29-5/h6-11,14-16H,12-13H2,1-5H3. The number of hydrogen-bond acceptors (Lipinski definition) is 4. The minimum Gasteiger partial charge on any atom is -0.493 e. The van der Waals surface area contributed by atoms with E-state index in [1.54, 1.807) is 19.1 Å². The van der Waals surface area contributed by atoms with Crippen LogP contribution in [0.2, 0.25) is 0 Å². The summed E-state index contributed by atoms with van der Waals surface area (Å²) in [5.74, 6) is 1.65. The Bertz CT molecular complexity index is 1010. The second kappa shape index (κ2) is 8.95. The number of para-hydroxylation sites is 1. The van der Waals surface area contributed by atoms with E-state index in [0.717, 1.165) is 28.6 Å². The van der Waals surface area contributed by atoms with Gasteiger partial charge in [0.05, 0.1) is 25.3 Å². The summed E-state index contributed by atoms with van der Waals surface area (Å²) in [5, 5.41) is 0.889. The lowest BCUT2D eigenvalue weighted by atomic mass is 10.0. The van der Waals surface area contributed by atoms with Gasteiger partial charge < -0.3 is 14.4 Å². The highest BCUT2D eigenvalue weighted by Gasteiger charge is 2.18. The van der Waals surface area contributed by atoms with Crippen molar-refractivity contribution in [2.24, 2.45) is 0 Å². The smallest absolute Gasteiger partial charge is 0.254 e. The lowest BCUT2D eigenvalue weighted by Gasteiger charge is -2.20. The van der Waals surface area contributed by atoms with E-state index in [-0.39, 0.29) is 11.8 Å². The number of nitrogens with zero attached hydrogens (tertiary/aromatic N) is 2. The molecule has 0 bridgehead atoms. The zero-order valence-corrected chi connectivity index (χ0v) is 17.7. The molecule has 0 saturated heterocycles. The third-order valence-corrected chi connectivity index (χ3v) is 5.09. The third-order valence-electron chi connectivity index (χ3n) is 5.09. The minimum atomic E-state index is 0.00553. The van der Waals surface area contributed by atoms with E-state index in [4.69, 9.17) is 14.5 Å². The van der Waals surface area contributed by atoms with Crippen LogP contribution in [0, 0.1) is 0 Å². The molecule has 152 valence electrons. The first kappa shape index (κ1) is 20.6. The van der Waals surface area contributed by atoms with Crippen molar-refractivity contribution in [3.63, 3.8) is 0 Å². The molecule has 0 radical (unpaired) electrons. The number of methoxy groups -OCH3 is 2. The van der Waals surface area contributed by atoms with Crippen molar-refractivity contribution >= 4 is 16.8 Å². The van der Waals surface area contributed by atoms with E-state index < -0.39 is 0 Å². The molecule has 0 fully saturated rings. The lowest BCUT2D eigenvalue weighted by Crippen LogP contribution is -2.29. The second-order valence-corrected chi connectivity index (χ2v) is 7.43. The second-order valence-electron chi connectivity index (χ2n) is 7.43. The quantitative estimate of drug-likeness (QED) is 0.585. The van der Waals surface area contributed by atoms with E-state index in [1.165, 1.54) is 0 Å². The highest BCUT2D eigenvalue weighted by atomic mass is 16.5. The maximum atomic E-state index is 13.2. The molecular weight excluding hydrogens is 364 g/mol. The first-order valence-electron chi connectivity index (χ1n) is 9.80. The zero-order valence-electron chi connectivity index (χ0n) is 17.7. The number of fused-ring (bicyclic) bond motifs is 1. The number of rotatable bonds is 7. The first-order chi connectivity index (χ1) is 13.9. The molecule has 0 aliphatic rings. The van der Waals surface area contributed by atoms with Gasteiger partial charge in [-0.15, -0.1) is 0 Å². The van der Waals surface area contributed by atoms with Crippen molar-refractivity contribution in [3.8, 4) is 11.5 Å². The van der Waals surface area contributed by atoms with Crippen molar-refractivity contribution in [2.75, 3.05) is 27.8 Å². The van der Waals surface area contributed by atoms with E-state index in [9.17, 15) is 4.79 Å². The van der Waals surface area contributed by atoms with Gasteiger partial charge in [-0.05, 0) is 42.2 Å². The predicted molar refractivity (Wildman–Crippen MR) is 116 cm³/mol. The molecule has 29 heavy (non-hydrogen) atoms. The van der Waals surface area contributed by atoms with Crippen molar-refractivity contribution in [1.29, 1.82) is 0 Å². The average Bonchev–Trinajstić information content (AvgIpc) is 2.75. The number of carbonyl (C=O) groups excluding carboxylic acids is 1. The largest absolute Gasteiger partial charge is 0.493 e. The van der Waals surface area contributed by atoms with Crippen molar-refractivity contribution in [2.45, 2.75) is 26.2 Å². The van der Waals surface area contributed by atoms with Crippen molar-refractivity contribution in [3.05, 3.63) is 65.4 Å². The fourth-order valence-corrected chi connectivity index (χ4v) is 3.31. The summed E-state index contributed by atoms with van der Waals surface area (Å²) in [5.41, 5.74) is 3.58. The van der Waals surface area contributed by atoms with Crippen LogP contribution in [0.15, 0.2) is 48.5 Å². The number of likely N-dealkylation sites (N-methyl/N-ethyl adjacent to an activating group) is 1. The maximum absolute atomic E-state index is 13.2. The first-order valence-corrected chi connectivity index (χ1v) is 9.80. The van der Waals surface area contributed by atoms with Crippen LogP contribution >= 0.6 is 0 Å². The maximum Gasteiger partial charge on any atom is 0.254 e. The Morgan fingerprint density at radius 3 is 2.45 bits per heavy atom. The van der Waals surface area contributed by atoms with Gasteiger partial charge in [0, 0.05) is 24.7 Å². The van der Waals surface area contributed by atoms with Crippen LogP contribution in [0.3, 0.4) is 0 Å². The molecule has 0 aliphatic carbocycles. The van der Waals surface area contributed by atoms with Crippen LogP contribution in [-0.2, 0) is 6.42 Å². The van der Waals surface area contributed by atoms with Crippen LogP contribution in [0.5, 0.6) is 11.5 Å². The van der Waals surface area contributed by atoms with Crippen LogP contribution in [0.1, 0.15) is 41.4 Å². The summed E-state index contributed by atoms with van der Waals surface area (Å²) < 4.78 is 10.7. The summed E-state index contributed by atoms with van der Waals surface area (Å²) in [6, 6.07) is 15.6. The molecule has 0 spiro atoms. The SMILES string of the molecule is COc1ccc(CCN(C)C(=O)c2cc(C(C)C)nc3ccccc23)cc1OC. The number of amides is 1. The average molecular weight is 392 g/mol. The normalized spacial score (nSPS) is 11.0. The molecule has 1 aromatic heterocycles. The van der Waals surface area contributed by atoms with Gasteiger partial charge in [-0.3, -0.25) is 9.78 Å². The molecule has 0 N–H and O–H groups in total. The molecule has 1 heterocycles. The molecular formula is C24H28N2O3. The van der Waals surface area contributed by atoms with Crippen LogP contribution in [0.25, 0.3) is 10.9 Å². The molecule has 5 nitrogen and oxygen atoms in total.